The molecule has 6 heteroatoms. The summed E-state index contributed by atoms with van der Waals surface area (Å²) >= 11 is 1.72. The molecule has 1 aromatic heterocycles. The molecule has 0 amide bonds. The van der Waals surface area contributed by atoms with Crippen molar-refractivity contribution < 1.29 is 0 Å². The first-order valence-electron chi connectivity index (χ1n) is 4.63. The largest absolute Gasteiger partial charge is 0.385 e. The number of nitrogens with zero attached hydrogens (tertiary/aromatic N) is 1. The van der Waals surface area contributed by atoms with Gasteiger partial charge in [0.25, 0.3) is 5.56 Å². The summed E-state index contributed by atoms with van der Waals surface area (Å²) in [6.45, 7) is 2.57. The Morgan fingerprint density at radius 3 is 2.80 bits per heavy atom. The molecule has 15 heavy (non-hydrogen) atoms. The predicted molar refractivity (Wildman–Crippen MR) is 63.3 cm³/mol. The molecule has 0 fully saturated rings. The number of hydrogen-bond acceptors (Lipinski definition) is 4. The van der Waals surface area contributed by atoms with Crippen LogP contribution in [0.1, 0.15) is 6.92 Å². The maximum absolute atomic E-state index is 11.4. The lowest BCUT2D eigenvalue weighted by atomic mass is 10.2. The van der Waals surface area contributed by atoms with Crippen LogP contribution in [0.5, 0.6) is 0 Å². The van der Waals surface area contributed by atoms with Crippen LogP contribution in [0.25, 0.3) is 0 Å². The Kier molecular flexibility index (Phi) is 4.02. The average molecular weight is 229 g/mol. The van der Waals surface area contributed by atoms with Crippen molar-refractivity contribution in [3.63, 3.8) is 0 Å². The van der Waals surface area contributed by atoms with Crippen LogP contribution in [-0.4, -0.2) is 21.6 Å². The second-order valence-corrected chi connectivity index (χ2v) is 4.45. The Hall–Kier alpha value is -1.17. The first-order chi connectivity index (χ1) is 7.04. The summed E-state index contributed by atoms with van der Waals surface area (Å²) in [4.78, 5) is 24.5. The second kappa shape index (κ2) is 5.06. The van der Waals surface area contributed by atoms with Crippen molar-refractivity contribution in [1.29, 1.82) is 0 Å². The highest BCUT2D eigenvalue weighted by molar-refractivity contribution is 7.98. The minimum atomic E-state index is -0.453. The maximum atomic E-state index is 11.4. The van der Waals surface area contributed by atoms with Crippen molar-refractivity contribution in [3.8, 4) is 0 Å². The summed E-state index contributed by atoms with van der Waals surface area (Å²) in [5, 5.41) is 0. The molecule has 84 valence electrons. The molecule has 5 nitrogen and oxygen atoms in total. The molecule has 3 N–H and O–H groups in total. The van der Waals surface area contributed by atoms with Crippen molar-refractivity contribution in [2.75, 3.05) is 17.7 Å². The normalized spacial score (nSPS) is 12.7. The molecule has 0 aromatic carbocycles. The van der Waals surface area contributed by atoms with E-state index in [9.17, 15) is 9.59 Å². The Bertz CT molecular complexity index is 438. The lowest BCUT2D eigenvalue weighted by Crippen LogP contribution is -2.33. The second-order valence-electron chi connectivity index (χ2n) is 3.53. The number of anilines is 1. The Morgan fingerprint density at radius 2 is 2.27 bits per heavy atom. The van der Waals surface area contributed by atoms with Gasteiger partial charge in [-0.3, -0.25) is 14.3 Å². The van der Waals surface area contributed by atoms with Crippen molar-refractivity contribution in [2.45, 2.75) is 13.5 Å². The van der Waals surface area contributed by atoms with Gasteiger partial charge in [0.05, 0.1) is 0 Å². The van der Waals surface area contributed by atoms with E-state index in [1.165, 1.54) is 10.6 Å². The fourth-order valence-electron chi connectivity index (χ4n) is 1.38. The van der Waals surface area contributed by atoms with E-state index in [2.05, 4.69) is 4.98 Å². The molecule has 0 aliphatic carbocycles. The van der Waals surface area contributed by atoms with Crippen molar-refractivity contribution in [3.05, 3.63) is 26.9 Å². The van der Waals surface area contributed by atoms with Gasteiger partial charge < -0.3 is 5.73 Å². The molecule has 0 aliphatic rings. The van der Waals surface area contributed by atoms with Crippen molar-refractivity contribution in [1.82, 2.24) is 9.55 Å². The van der Waals surface area contributed by atoms with E-state index in [4.69, 9.17) is 5.73 Å². The molecule has 1 aromatic rings. The van der Waals surface area contributed by atoms with E-state index in [1.807, 2.05) is 13.2 Å². The van der Waals surface area contributed by atoms with Gasteiger partial charge >= 0.3 is 5.69 Å². The molecule has 1 unspecified atom stereocenters. The zero-order chi connectivity index (χ0) is 11.4. The number of nitrogens with one attached hydrogen (secondary N) is 1. The van der Waals surface area contributed by atoms with Crippen LogP contribution in [0.15, 0.2) is 15.7 Å². The summed E-state index contributed by atoms with van der Waals surface area (Å²) in [6.07, 6.45) is 2.01. The first kappa shape index (κ1) is 11.9. The number of nitrogen functional groups attached to an aromatic ring is 1. The number of aromatic nitrogens is 2. The van der Waals surface area contributed by atoms with Crippen LogP contribution in [-0.2, 0) is 6.54 Å². The number of aromatic amines is 1. The third kappa shape index (κ3) is 3.16. The van der Waals surface area contributed by atoms with E-state index >= 15 is 0 Å². The third-order valence-corrected chi connectivity index (χ3v) is 2.91. The highest BCUT2D eigenvalue weighted by Gasteiger charge is 2.07. The topological polar surface area (TPSA) is 80.9 Å². The molecule has 0 aliphatic heterocycles. The zero-order valence-corrected chi connectivity index (χ0v) is 9.63. The minimum Gasteiger partial charge on any atom is -0.385 e. The SMILES string of the molecule is CSCC(C)Cn1c(N)cc(=O)[nH]c1=O. The number of hydrogen-bond donors (Lipinski definition) is 2. The Morgan fingerprint density at radius 1 is 1.60 bits per heavy atom. The standard InChI is InChI=1S/C9H15N3O2S/c1-6(5-15-2)4-12-7(10)3-8(13)11-9(12)14/h3,6H,4-5,10H2,1-2H3,(H,11,13,14). The van der Waals surface area contributed by atoms with Crippen LogP contribution in [0, 0.1) is 5.92 Å². The van der Waals surface area contributed by atoms with Gasteiger partial charge in [0.1, 0.15) is 5.82 Å². The number of H-pyrrole nitrogens is 1. The monoisotopic (exact) mass is 229 g/mol. The van der Waals surface area contributed by atoms with E-state index in [0.29, 0.717) is 12.5 Å². The van der Waals surface area contributed by atoms with Crippen molar-refractivity contribution >= 4 is 17.6 Å². The zero-order valence-electron chi connectivity index (χ0n) is 8.82. The summed E-state index contributed by atoms with van der Waals surface area (Å²) in [5.41, 5.74) is 4.71. The van der Waals surface area contributed by atoms with Crippen LogP contribution in [0.2, 0.25) is 0 Å². The van der Waals surface area contributed by atoms with Gasteiger partial charge in [-0.1, -0.05) is 6.92 Å². The van der Waals surface area contributed by atoms with E-state index in [-0.39, 0.29) is 5.82 Å². The lowest BCUT2D eigenvalue weighted by Gasteiger charge is -2.13. The van der Waals surface area contributed by atoms with Gasteiger partial charge in [0, 0.05) is 12.6 Å². The third-order valence-electron chi connectivity index (χ3n) is 2.01. The van der Waals surface area contributed by atoms with Gasteiger partial charge in [-0.25, -0.2) is 4.79 Å². The molecule has 0 bridgehead atoms. The Balaban J connectivity index is 2.95. The first-order valence-corrected chi connectivity index (χ1v) is 6.02. The summed E-state index contributed by atoms with van der Waals surface area (Å²) in [7, 11) is 0. The van der Waals surface area contributed by atoms with E-state index in [0.717, 1.165) is 5.75 Å². The van der Waals surface area contributed by atoms with Crippen LogP contribution in [0.4, 0.5) is 5.82 Å². The molecule has 0 radical (unpaired) electrons. The minimum absolute atomic E-state index is 0.219. The molecule has 0 saturated heterocycles. The molecule has 1 heterocycles. The van der Waals surface area contributed by atoms with Gasteiger partial charge in [0.15, 0.2) is 0 Å². The summed E-state index contributed by atoms with van der Waals surface area (Å²) < 4.78 is 1.39. The van der Waals surface area contributed by atoms with Crippen molar-refractivity contribution in [2.24, 2.45) is 5.92 Å². The van der Waals surface area contributed by atoms with Crippen LogP contribution >= 0.6 is 11.8 Å². The quantitative estimate of drug-likeness (QED) is 0.768. The van der Waals surface area contributed by atoms with Crippen LogP contribution in [0.3, 0.4) is 0 Å². The molecule has 0 spiro atoms. The number of thioether (sulfide) groups is 1. The average Bonchev–Trinajstić information content (AvgIpc) is 2.11. The lowest BCUT2D eigenvalue weighted by molar-refractivity contribution is 0.515. The fraction of sp³-hybridized carbons (Fsp3) is 0.556. The van der Waals surface area contributed by atoms with E-state index < -0.39 is 11.2 Å². The Labute approximate surface area is 91.7 Å². The van der Waals surface area contributed by atoms with Crippen LogP contribution < -0.4 is 17.0 Å². The van der Waals surface area contributed by atoms with Gasteiger partial charge in [0.2, 0.25) is 0 Å². The highest BCUT2D eigenvalue weighted by atomic mass is 32.2. The number of nitrogens with two attached hydrogens (primary N) is 1. The van der Waals surface area contributed by atoms with Gasteiger partial charge in [-0.15, -0.1) is 0 Å². The molecule has 0 saturated carbocycles. The summed E-state index contributed by atoms with van der Waals surface area (Å²) in [5.74, 6) is 1.51. The molecule has 1 rings (SSSR count). The number of rotatable bonds is 4. The molecule has 1 atom stereocenters. The smallest absolute Gasteiger partial charge is 0.329 e. The highest BCUT2D eigenvalue weighted by Crippen LogP contribution is 2.07. The molecular formula is C9H15N3O2S. The summed E-state index contributed by atoms with van der Waals surface area (Å²) in [6, 6.07) is 1.23. The van der Waals surface area contributed by atoms with E-state index in [1.54, 1.807) is 11.8 Å². The fourth-order valence-corrected chi connectivity index (χ4v) is 2.05. The van der Waals surface area contributed by atoms with Gasteiger partial charge in [-0.2, -0.15) is 11.8 Å². The van der Waals surface area contributed by atoms with Gasteiger partial charge in [-0.05, 0) is 17.9 Å². The maximum Gasteiger partial charge on any atom is 0.329 e. The molecular weight excluding hydrogens is 214 g/mol. The predicted octanol–water partition coefficient (Wildman–Crippen LogP) is 0.118.